The lowest BCUT2D eigenvalue weighted by molar-refractivity contribution is 0.0231. The Bertz CT molecular complexity index is 1070. The summed E-state index contributed by atoms with van der Waals surface area (Å²) in [5.74, 6) is -2.02. The van der Waals surface area contributed by atoms with Crippen molar-refractivity contribution in [2.24, 2.45) is 7.05 Å². The Morgan fingerprint density at radius 1 is 1.35 bits per heavy atom. The maximum absolute atomic E-state index is 13.7. The highest BCUT2D eigenvalue weighted by molar-refractivity contribution is 7.22. The summed E-state index contributed by atoms with van der Waals surface area (Å²) in [6.07, 6.45) is 1.17. The van der Waals surface area contributed by atoms with Gasteiger partial charge in [0.15, 0.2) is 10.9 Å². The van der Waals surface area contributed by atoms with Crippen molar-refractivity contribution < 1.29 is 18.3 Å². The van der Waals surface area contributed by atoms with Gasteiger partial charge in [-0.25, -0.2) is 18.6 Å². The molecule has 26 heavy (non-hydrogen) atoms. The summed E-state index contributed by atoms with van der Waals surface area (Å²) in [4.78, 5) is 30.0. The topological polar surface area (TPSA) is 64.4 Å². The molecule has 1 fully saturated rings. The molecular formula is C17H13F2N3O3S. The summed E-state index contributed by atoms with van der Waals surface area (Å²) in [5, 5.41) is 0.535. The number of fused-ring (bicyclic) bond motifs is 1. The third kappa shape index (κ3) is 2.84. The monoisotopic (exact) mass is 377 g/mol. The van der Waals surface area contributed by atoms with Gasteiger partial charge in [0.1, 0.15) is 23.0 Å². The Kier molecular flexibility index (Phi) is 3.95. The van der Waals surface area contributed by atoms with E-state index in [1.54, 1.807) is 19.3 Å². The zero-order valence-electron chi connectivity index (χ0n) is 13.6. The number of anilines is 1. The van der Waals surface area contributed by atoms with Crippen molar-refractivity contribution in [1.29, 1.82) is 0 Å². The van der Waals surface area contributed by atoms with Crippen molar-refractivity contribution in [3.63, 3.8) is 0 Å². The first-order chi connectivity index (χ1) is 12.4. The van der Waals surface area contributed by atoms with E-state index >= 15 is 0 Å². The van der Waals surface area contributed by atoms with Crippen LogP contribution in [0.15, 0.2) is 35.3 Å². The van der Waals surface area contributed by atoms with E-state index in [4.69, 9.17) is 4.74 Å². The van der Waals surface area contributed by atoms with Gasteiger partial charge < -0.3 is 14.2 Å². The molecule has 0 spiro atoms. The van der Waals surface area contributed by atoms with Crippen molar-refractivity contribution in [2.45, 2.75) is 6.10 Å². The van der Waals surface area contributed by atoms with E-state index in [1.807, 2.05) is 4.90 Å². The highest BCUT2D eigenvalue weighted by Crippen LogP contribution is 2.33. The van der Waals surface area contributed by atoms with Crippen LogP contribution < -0.4 is 10.5 Å². The van der Waals surface area contributed by atoms with Gasteiger partial charge in [0.2, 0.25) is 0 Å². The van der Waals surface area contributed by atoms with Crippen molar-refractivity contribution in [3.05, 3.63) is 58.0 Å². The molecule has 2 aromatic heterocycles. The first-order valence-corrected chi connectivity index (χ1v) is 8.61. The average Bonchev–Trinajstić information content (AvgIpc) is 2.96. The van der Waals surface area contributed by atoms with Gasteiger partial charge >= 0.3 is 5.97 Å². The largest absolute Gasteiger partial charge is 0.455 e. The third-order valence-corrected chi connectivity index (χ3v) is 5.20. The van der Waals surface area contributed by atoms with E-state index in [9.17, 15) is 18.4 Å². The third-order valence-electron chi connectivity index (χ3n) is 4.14. The van der Waals surface area contributed by atoms with Gasteiger partial charge in [-0.2, -0.15) is 0 Å². The van der Waals surface area contributed by atoms with Crippen LogP contribution >= 0.6 is 11.3 Å². The zero-order valence-corrected chi connectivity index (χ0v) is 14.4. The highest BCUT2D eigenvalue weighted by Gasteiger charge is 2.33. The maximum Gasteiger partial charge on any atom is 0.344 e. The van der Waals surface area contributed by atoms with Gasteiger partial charge in [0.05, 0.1) is 17.8 Å². The number of carbonyl (C=O) groups excluding carboxylic acids is 1. The van der Waals surface area contributed by atoms with E-state index in [1.165, 1.54) is 28.0 Å². The van der Waals surface area contributed by atoms with Crippen LogP contribution in [0.5, 0.6) is 0 Å². The first-order valence-electron chi connectivity index (χ1n) is 7.79. The lowest BCUT2D eigenvalue weighted by Gasteiger charge is -2.38. The predicted molar refractivity (Wildman–Crippen MR) is 92.6 cm³/mol. The van der Waals surface area contributed by atoms with Gasteiger partial charge in [-0.15, -0.1) is 0 Å². The molecule has 0 N–H and O–H groups in total. The van der Waals surface area contributed by atoms with Crippen LogP contribution in [-0.2, 0) is 11.8 Å². The first kappa shape index (κ1) is 16.6. The van der Waals surface area contributed by atoms with Crippen LogP contribution in [-0.4, -0.2) is 34.7 Å². The molecular weight excluding hydrogens is 364 g/mol. The van der Waals surface area contributed by atoms with Crippen LogP contribution in [0.1, 0.15) is 10.4 Å². The number of nitrogens with zero attached hydrogens (tertiary/aromatic N) is 3. The number of halogens is 2. The molecule has 1 aliphatic heterocycles. The standard InChI is InChI=1S/C17H13F2N3O3S/c1-21-4-2-3-11(15(21)23)16(24)25-10-7-22(8-10)17-20-14-12(19)5-9(18)6-13(14)26-17/h2-6,10H,7-8H2,1H3. The van der Waals surface area contributed by atoms with E-state index < -0.39 is 23.2 Å². The average molecular weight is 377 g/mol. The number of pyridine rings is 1. The van der Waals surface area contributed by atoms with Crippen LogP contribution in [0.3, 0.4) is 0 Å². The van der Waals surface area contributed by atoms with Gasteiger partial charge in [0, 0.05) is 19.3 Å². The van der Waals surface area contributed by atoms with Crippen LogP contribution in [0.4, 0.5) is 13.9 Å². The fourth-order valence-electron chi connectivity index (χ4n) is 2.72. The quantitative estimate of drug-likeness (QED) is 0.656. The number of benzene rings is 1. The predicted octanol–water partition coefficient (Wildman–Crippen LogP) is 2.32. The molecule has 9 heteroatoms. The highest BCUT2D eigenvalue weighted by atomic mass is 32.1. The second-order valence-electron chi connectivity index (χ2n) is 6.00. The van der Waals surface area contributed by atoms with Crippen LogP contribution in [0.2, 0.25) is 0 Å². The SMILES string of the molecule is Cn1cccc(C(=O)OC2CN(c3nc4c(F)cc(F)cc4s3)C2)c1=O. The number of carbonyl (C=O) groups is 1. The van der Waals surface area contributed by atoms with Gasteiger partial charge in [-0.05, 0) is 18.2 Å². The molecule has 3 heterocycles. The zero-order chi connectivity index (χ0) is 18.4. The Labute approximate surface area is 150 Å². The van der Waals surface area contributed by atoms with Gasteiger partial charge in [-0.1, -0.05) is 11.3 Å². The summed E-state index contributed by atoms with van der Waals surface area (Å²) in [7, 11) is 1.55. The Balaban J connectivity index is 1.44. The van der Waals surface area contributed by atoms with E-state index in [2.05, 4.69) is 4.98 Å². The maximum atomic E-state index is 13.7. The summed E-state index contributed by atoms with van der Waals surface area (Å²) < 4.78 is 34.1. The molecule has 0 unspecified atom stereocenters. The molecule has 0 aliphatic carbocycles. The summed E-state index contributed by atoms with van der Waals surface area (Å²) in [6.45, 7) is 0.756. The fourth-order valence-corrected chi connectivity index (χ4v) is 3.74. The van der Waals surface area contributed by atoms with E-state index in [0.29, 0.717) is 22.9 Å². The van der Waals surface area contributed by atoms with E-state index in [-0.39, 0.29) is 17.2 Å². The minimum atomic E-state index is -0.703. The molecule has 0 atom stereocenters. The number of ether oxygens (including phenoxy) is 1. The number of hydrogen-bond donors (Lipinski definition) is 0. The molecule has 1 aliphatic rings. The molecule has 1 saturated heterocycles. The Morgan fingerprint density at radius 2 is 2.12 bits per heavy atom. The number of aryl methyl sites for hydroxylation is 1. The molecule has 4 rings (SSSR count). The van der Waals surface area contributed by atoms with E-state index in [0.717, 1.165) is 6.07 Å². The Hall–Kier alpha value is -2.81. The molecule has 0 bridgehead atoms. The molecule has 6 nitrogen and oxygen atoms in total. The minimum absolute atomic E-state index is 0.0222. The number of aromatic nitrogens is 2. The number of thiazole rings is 1. The normalized spacial score (nSPS) is 14.5. The molecule has 0 amide bonds. The summed E-state index contributed by atoms with van der Waals surface area (Å²) >= 11 is 1.17. The second kappa shape index (κ2) is 6.17. The molecule has 134 valence electrons. The van der Waals surface area contributed by atoms with Crippen LogP contribution in [0, 0.1) is 11.6 Å². The lowest BCUT2D eigenvalue weighted by atomic mass is 10.2. The lowest BCUT2D eigenvalue weighted by Crippen LogP contribution is -2.53. The Morgan fingerprint density at radius 3 is 2.88 bits per heavy atom. The van der Waals surface area contributed by atoms with Crippen molar-refractivity contribution >= 4 is 32.7 Å². The molecule has 0 radical (unpaired) electrons. The van der Waals surface area contributed by atoms with Crippen molar-refractivity contribution in [3.8, 4) is 0 Å². The van der Waals surface area contributed by atoms with Crippen molar-refractivity contribution in [2.75, 3.05) is 18.0 Å². The smallest absolute Gasteiger partial charge is 0.344 e. The summed E-state index contributed by atoms with van der Waals surface area (Å²) in [5.41, 5.74) is -0.317. The van der Waals surface area contributed by atoms with Gasteiger partial charge in [-0.3, -0.25) is 4.79 Å². The van der Waals surface area contributed by atoms with Crippen LogP contribution in [0.25, 0.3) is 10.2 Å². The summed E-state index contributed by atoms with van der Waals surface area (Å²) in [6, 6.07) is 5.06. The molecule has 0 saturated carbocycles. The number of rotatable bonds is 3. The molecule has 1 aromatic carbocycles. The fraction of sp³-hybridized carbons (Fsp3) is 0.235. The minimum Gasteiger partial charge on any atom is -0.455 e. The number of hydrogen-bond acceptors (Lipinski definition) is 6. The number of esters is 1. The molecule has 3 aromatic rings. The van der Waals surface area contributed by atoms with Gasteiger partial charge in [0.25, 0.3) is 5.56 Å². The second-order valence-corrected chi connectivity index (χ2v) is 7.01. The van der Waals surface area contributed by atoms with Crippen molar-refractivity contribution in [1.82, 2.24) is 9.55 Å².